The van der Waals surface area contributed by atoms with Gasteiger partial charge in [-0.2, -0.15) is 13.2 Å². The summed E-state index contributed by atoms with van der Waals surface area (Å²) in [6.07, 6.45) is -0.916. The van der Waals surface area contributed by atoms with Gasteiger partial charge in [-0.05, 0) is 31.4 Å². The summed E-state index contributed by atoms with van der Waals surface area (Å²) in [5, 5.41) is 2.78. The van der Waals surface area contributed by atoms with Crippen LogP contribution in [0.4, 0.5) is 13.2 Å². The summed E-state index contributed by atoms with van der Waals surface area (Å²) in [4.78, 5) is 11.7. The molecule has 23 heavy (non-hydrogen) atoms. The molecule has 7 heteroatoms. The Morgan fingerprint density at radius 1 is 1.35 bits per heavy atom. The molecule has 0 spiro atoms. The zero-order chi connectivity index (χ0) is 16.4. The van der Waals surface area contributed by atoms with Crippen molar-refractivity contribution >= 4 is 18.3 Å². The molecule has 2 rings (SSSR count). The quantitative estimate of drug-likeness (QED) is 0.874. The minimum atomic E-state index is -4.36. The first kappa shape index (κ1) is 19.8. The molecular weight excluding hydrogens is 329 g/mol. The number of alkyl halides is 3. The van der Waals surface area contributed by atoms with Gasteiger partial charge in [-0.25, -0.2) is 0 Å². The number of nitrogens with two attached hydrogens (primary N) is 1. The van der Waals surface area contributed by atoms with E-state index in [0.717, 1.165) is 31.7 Å². The van der Waals surface area contributed by atoms with Gasteiger partial charge in [-0.1, -0.05) is 31.0 Å². The lowest BCUT2D eigenvalue weighted by molar-refractivity contribution is -0.137. The third-order valence-corrected chi connectivity index (χ3v) is 4.38. The van der Waals surface area contributed by atoms with Crippen molar-refractivity contribution in [1.82, 2.24) is 5.32 Å². The fraction of sp³-hybridized carbons (Fsp3) is 0.562. The summed E-state index contributed by atoms with van der Waals surface area (Å²) < 4.78 is 38.7. The van der Waals surface area contributed by atoms with E-state index in [1.807, 2.05) is 0 Å². The predicted octanol–water partition coefficient (Wildman–Crippen LogP) is 3.40. The number of hydrogen-bond donors (Lipinski definition) is 2. The average Bonchev–Trinajstić information content (AvgIpc) is 2.94. The zero-order valence-corrected chi connectivity index (χ0v) is 13.8. The maximum absolute atomic E-state index is 12.9. The number of halogens is 4. The second kappa shape index (κ2) is 7.53. The fourth-order valence-corrected chi connectivity index (χ4v) is 3.06. The van der Waals surface area contributed by atoms with Crippen molar-refractivity contribution in [3.8, 4) is 0 Å². The van der Waals surface area contributed by atoms with Gasteiger partial charge in [0.05, 0.1) is 11.6 Å². The molecule has 130 valence electrons. The van der Waals surface area contributed by atoms with E-state index >= 15 is 0 Å². The van der Waals surface area contributed by atoms with Gasteiger partial charge >= 0.3 is 6.18 Å². The highest BCUT2D eigenvalue weighted by molar-refractivity contribution is 5.85. The highest BCUT2D eigenvalue weighted by atomic mass is 35.5. The molecule has 1 aliphatic carbocycles. The molecule has 0 bridgehead atoms. The van der Waals surface area contributed by atoms with E-state index in [-0.39, 0.29) is 18.3 Å². The molecule has 0 aliphatic heterocycles. The number of carbonyl (C=O) groups is 1. The molecule has 1 atom stereocenters. The summed E-state index contributed by atoms with van der Waals surface area (Å²) in [5.74, 6) is -0.279. The van der Waals surface area contributed by atoms with Crippen LogP contribution in [0.5, 0.6) is 0 Å². The second-order valence-corrected chi connectivity index (χ2v) is 6.07. The zero-order valence-electron chi connectivity index (χ0n) is 13.0. The first-order valence-corrected chi connectivity index (χ1v) is 7.46. The molecule has 1 aliphatic rings. The smallest absolute Gasteiger partial charge is 0.354 e. The van der Waals surface area contributed by atoms with Crippen LogP contribution < -0.4 is 11.1 Å². The van der Waals surface area contributed by atoms with E-state index in [1.54, 1.807) is 13.0 Å². The number of hydrogen-bond acceptors (Lipinski definition) is 2. The third-order valence-electron chi connectivity index (χ3n) is 4.38. The molecule has 0 heterocycles. The van der Waals surface area contributed by atoms with Gasteiger partial charge in [0.25, 0.3) is 0 Å². The van der Waals surface area contributed by atoms with Crippen molar-refractivity contribution in [2.75, 3.05) is 6.54 Å². The normalized spacial score (nSPS) is 18.1. The molecule has 0 unspecified atom stereocenters. The maximum Gasteiger partial charge on any atom is 0.416 e. The SMILES string of the molecule is C[C@@H](N)C(=O)NCC1(c2cccc(C(F)(F)F)c2)CCCC1.Cl. The first-order valence-electron chi connectivity index (χ1n) is 7.46. The van der Waals surface area contributed by atoms with Gasteiger partial charge in [-0.3, -0.25) is 4.79 Å². The Labute approximate surface area is 140 Å². The summed E-state index contributed by atoms with van der Waals surface area (Å²) in [7, 11) is 0. The van der Waals surface area contributed by atoms with Crippen LogP contribution in [0.3, 0.4) is 0 Å². The predicted molar refractivity (Wildman–Crippen MR) is 85.5 cm³/mol. The Kier molecular flexibility index (Phi) is 6.48. The number of benzene rings is 1. The summed E-state index contributed by atoms with van der Waals surface area (Å²) in [5.41, 5.74) is 5.10. The van der Waals surface area contributed by atoms with Crippen LogP contribution in [0.2, 0.25) is 0 Å². The van der Waals surface area contributed by atoms with Gasteiger partial charge in [0, 0.05) is 12.0 Å². The van der Waals surface area contributed by atoms with E-state index < -0.39 is 23.2 Å². The van der Waals surface area contributed by atoms with Crippen LogP contribution in [0.25, 0.3) is 0 Å². The lowest BCUT2D eigenvalue weighted by Crippen LogP contribution is -2.45. The number of nitrogens with one attached hydrogen (secondary N) is 1. The molecule has 1 aromatic rings. The number of rotatable bonds is 4. The monoisotopic (exact) mass is 350 g/mol. The van der Waals surface area contributed by atoms with Gasteiger partial charge in [0.2, 0.25) is 5.91 Å². The molecule has 1 amide bonds. The van der Waals surface area contributed by atoms with Crippen molar-refractivity contribution in [2.45, 2.75) is 50.2 Å². The molecular formula is C16H22ClF3N2O. The third kappa shape index (κ3) is 4.61. The minimum absolute atomic E-state index is 0. The van der Waals surface area contributed by atoms with E-state index in [4.69, 9.17) is 5.73 Å². The number of amides is 1. The Morgan fingerprint density at radius 3 is 2.48 bits per heavy atom. The Hall–Kier alpha value is -1.27. The molecule has 0 saturated heterocycles. The Morgan fingerprint density at radius 2 is 1.96 bits per heavy atom. The van der Waals surface area contributed by atoms with Crippen molar-refractivity contribution in [3.63, 3.8) is 0 Å². The van der Waals surface area contributed by atoms with Gasteiger partial charge in [-0.15, -0.1) is 12.4 Å². The van der Waals surface area contributed by atoms with Crippen molar-refractivity contribution in [2.24, 2.45) is 5.73 Å². The molecule has 1 fully saturated rings. The van der Waals surface area contributed by atoms with E-state index in [0.29, 0.717) is 12.1 Å². The standard InChI is InChI=1S/C16H21F3N2O.ClH/c1-11(20)14(22)21-10-15(7-2-3-8-15)12-5-4-6-13(9-12)16(17,18)19;/h4-6,9,11H,2-3,7-8,10,20H2,1H3,(H,21,22);1H/t11-;/m1./s1. The molecule has 0 radical (unpaired) electrons. The Bertz CT molecular complexity index is 540. The van der Waals surface area contributed by atoms with E-state index in [9.17, 15) is 18.0 Å². The van der Waals surface area contributed by atoms with Crippen LogP contribution in [-0.4, -0.2) is 18.5 Å². The highest BCUT2D eigenvalue weighted by Crippen LogP contribution is 2.42. The topological polar surface area (TPSA) is 55.1 Å². The van der Waals surface area contributed by atoms with Gasteiger partial charge in [0.15, 0.2) is 0 Å². The van der Waals surface area contributed by atoms with Crippen molar-refractivity contribution in [1.29, 1.82) is 0 Å². The van der Waals surface area contributed by atoms with E-state index in [1.165, 1.54) is 12.1 Å². The molecule has 0 aromatic heterocycles. The second-order valence-electron chi connectivity index (χ2n) is 6.07. The largest absolute Gasteiger partial charge is 0.416 e. The van der Waals surface area contributed by atoms with Crippen LogP contribution in [-0.2, 0) is 16.4 Å². The lowest BCUT2D eigenvalue weighted by Gasteiger charge is -2.31. The van der Waals surface area contributed by atoms with Crippen LogP contribution in [0, 0.1) is 0 Å². The molecule has 1 aromatic carbocycles. The van der Waals surface area contributed by atoms with Crippen LogP contribution in [0.15, 0.2) is 24.3 Å². The lowest BCUT2D eigenvalue weighted by atomic mass is 9.78. The molecule has 1 saturated carbocycles. The van der Waals surface area contributed by atoms with Crippen LogP contribution in [0.1, 0.15) is 43.7 Å². The number of carbonyl (C=O) groups excluding carboxylic acids is 1. The van der Waals surface area contributed by atoms with Crippen LogP contribution >= 0.6 is 12.4 Å². The average molecular weight is 351 g/mol. The first-order chi connectivity index (χ1) is 10.2. The molecule has 3 nitrogen and oxygen atoms in total. The van der Waals surface area contributed by atoms with Gasteiger partial charge in [0.1, 0.15) is 0 Å². The summed E-state index contributed by atoms with van der Waals surface area (Å²) in [6.45, 7) is 1.91. The van der Waals surface area contributed by atoms with Gasteiger partial charge < -0.3 is 11.1 Å². The maximum atomic E-state index is 12.9. The fourth-order valence-electron chi connectivity index (χ4n) is 3.06. The van der Waals surface area contributed by atoms with Crippen molar-refractivity contribution < 1.29 is 18.0 Å². The summed E-state index contributed by atoms with van der Waals surface area (Å²) in [6, 6.07) is 4.82. The van der Waals surface area contributed by atoms with Crippen molar-refractivity contribution in [3.05, 3.63) is 35.4 Å². The van der Waals surface area contributed by atoms with E-state index in [2.05, 4.69) is 5.32 Å². The minimum Gasteiger partial charge on any atom is -0.354 e. The molecule has 3 N–H and O–H groups in total. The summed E-state index contributed by atoms with van der Waals surface area (Å²) >= 11 is 0. The highest BCUT2D eigenvalue weighted by Gasteiger charge is 2.38. The Balaban J connectivity index is 0.00000264.